The van der Waals surface area contributed by atoms with Crippen LogP contribution in [-0.2, 0) is 33.7 Å². The summed E-state index contributed by atoms with van der Waals surface area (Å²) in [6, 6.07) is 1.72. The normalized spacial score (nSPS) is 23.0. The average molecular weight is 775 g/mol. The molecule has 3 amide bonds. The van der Waals surface area contributed by atoms with Crippen molar-refractivity contribution in [2.45, 2.75) is 143 Å². The van der Waals surface area contributed by atoms with E-state index in [2.05, 4.69) is 26.1 Å². The minimum atomic E-state index is -0.937. The molecule has 306 valence electrons. The Balaban J connectivity index is 1.18. The summed E-state index contributed by atoms with van der Waals surface area (Å²) in [5.41, 5.74) is 8.00. The molecule has 6 N–H and O–H groups in total. The second kappa shape index (κ2) is 17.3. The lowest BCUT2D eigenvalue weighted by Crippen LogP contribution is -2.50. The van der Waals surface area contributed by atoms with Crippen molar-refractivity contribution in [2.75, 3.05) is 12.3 Å². The van der Waals surface area contributed by atoms with Crippen LogP contribution in [0.2, 0.25) is 0 Å². The van der Waals surface area contributed by atoms with Gasteiger partial charge in [-0.2, -0.15) is 4.98 Å². The maximum atomic E-state index is 14.4. The number of nitrogens with two attached hydrogens (primary N) is 1. The number of carbonyl (C=O) groups is 3. The summed E-state index contributed by atoms with van der Waals surface area (Å²) in [7, 11) is 0. The highest BCUT2D eigenvalue weighted by Crippen LogP contribution is 2.60. The van der Waals surface area contributed by atoms with Crippen molar-refractivity contribution in [3.8, 4) is 5.75 Å². The number of anilines is 1. The van der Waals surface area contributed by atoms with Gasteiger partial charge in [-0.25, -0.2) is 9.78 Å². The number of nitrogen functional groups attached to an aromatic ring is 1. The van der Waals surface area contributed by atoms with Gasteiger partial charge in [0, 0.05) is 44.2 Å². The lowest BCUT2D eigenvalue weighted by atomic mass is 9.49. The number of rotatable bonds is 17. The van der Waals surface area contributed by atoms with E-state index >= 15 is 0 Å². The van der Waals surface area contributed by atoms with Crippen LogP contribution in [0.1, 0.15) is 126 Å². The summed E-state index contributed by atoms with van der Waals surface area (Å²) in [5, 5.41) is 23.7. The number of hydrogen-bond acceptors (Lipinski definition) is 10. The molecule has 2 aromatic heterocycles. The SMILES string of the molecule is Cc1cc(O)cc(C)c1C[C@H](NC(=O)[C@H](C)CCCn1ccnc1N)C(=O)N[C@@H](CCCNC(=O)OC(C)(C)C)c1nc(CC23CC4CC(CC(C4)C2)C3)no1. The predicted molar refractivity (Wildman–Crippen MR) is 211 cm³/mol. The fraction of sp³-hybridized carbons (Fsp3) is 0.667. The van der Waals surface area contributed by atoms with Crippen LogP contribution in [0.3, 0.4) is 0 Å². The molecule has 3 aromatic rings. The van der Waals surface area contributed by atoms with Gasteiger partial charge in [0.2, 0.25) is 17.7 Å². The summed E-state index contributed by atoms with van der Waals surface area (Å²) < 4.78 is 13.2. The Kier molecular flexibility index (Phi) is 12.6. The molecule has 7 rings (SSSR count). The van der Waals surface area contributed by atoms with Crippen LogP contribution < -0.4 is 21.7 Å². The van der Waals surface area contributed by atoms with Crippen molar-refractivity contribution >= 4 is 23.9 Å². The van der Waals surface area contributed by atoms with Crippen LogP contribution in [0.15, 0.2) is 29.0 Å². The topological polar surface area (TPSA) is 200 Å². The Morgan fingerprint density at radius 2 is 1.68 bits per heavy atom. The molecule has 2 heterocycles. The van der Waals surface area contributed by atoms with Crippen molar-refractivity contribution in [1.29, 1.82) is 0 Å². The van der Waals surface area contributed by atoms with Gasteiger partial charge < -0.3 is 40.6 Å². The number of hydrogen-bond donors (Lipinski definition) is 5. The smallest absolute Gasteiger partial charge is 0.407 e. The van der Waals surface area contributed by atoms with E-state index in [0.29, 0.717) is 56.4 Å². The molecule has 0 unspecified atom stereocenters. The Morgan fingerprint density at radius 3 is 2.29 bits per heavy atom. The minimum absolute atomic E-state index is 0.140. The van der Waals surface area contributed by atoms with Crippen LogP contribution in [0.25, 0.3) is 0 Å². The molecule has 0 saturated heterocycles. The van der Waals surface area contributed by atoms with Gasteiger partial charge in [-0.15, -0.1) is 0 Å². The average Bonchev–Trinajstić information content (AvgIpc) is 3.73. The third-order valence-electron chi connectivity index (χ3n) is 12.1. The van der Waals surface area contributed by atoms with Crippen LogP contribution in [0, 0.1) is 42.9 Å². The number of imidazole rings is 1. The number of alkyl carbamates (subject to hydrolysis) is 1. The molecule has 0 aliphatic heterocycles. The van der Waals surface area contributed by atoms with Crippen molar-refractivity contribution in [3.05, 3.63) is 52.9 Å². The zero-order chi connectivity index (χ0) is 40.2. The number of nitrogens with one attached hydrogen (secondary N) is 3. The van der Waals surface area contributed by atoms with Gasteiger partial charge in [0.25, 0.3) is 0 Å². The number of aryl methyl sites for hydroxylation is 3. The lowest BCUT2D eigenvalue weighted by Gasteiger charge is -2.56. The van der Waals surface area contributed by atoms with Gasteiger partial charge in [-0.05, 0) is 151 Å². The Bertz CT molecular complexity index is 1790. The van der Waals surface area contributed by atoms with Crippen molar-refractivity contribution < 1.29 is 28.8 Å². The molecule has 0 radical (unpaired) electrons. The van der Waals surface area contributed by atoms with Crippen molar-refractivity contribution in [3.63, 3.8) is 0 Å². The maximum absolute atomic E-state index is 14.4. The number of aromatic hydroxyl groups is 1. The van der Waals surface area contributed by atoms with E-state index in [9.17, 15) is 19.5 Å². The number of carbonyl (C=O) groups excluding carboxylic acids is 3. The maximum Gasteiger partial charge on any atom is 0.407 e. The molecule has 14 heteroatoms. The molecule has 4 saturated carbocycles. The molecule has 4 fully saturated rings. The standard InChI is InChI=1S/C42H62N8O6/c1-25(9-8-13-50-14-12-44-39(50)43)36(52)47-34(20-32-26(2)15-31(51)16-27(32)3)37(53)46-33(10-7-11-45-40(54)55-41(4,5)6)38-48-35(49-56-38)24-42-21-28-17-29(22-42)19-30(18-28)23-42/h12,14-16,25,28-30,33-34,51H,7-11,13,17-24H2,1-6H3,(H2,43,44)(H,45,54)(H,46,53)(H,47,52)/t25-,28?,29?,30?,33+,34+,42?/m1/s1. The van der Waals surface area contributed by atoms with Gasteiger partial charge in [0.1, 0.15) is 23.4 Å². The first-order valence-corrected chi connectivity index (χ1v) is 20.5. The van der Waals surface area contributed by atoms with Crippen LogP contribution in [-0.4, -0.2) is 60.9 Å². The molecule has 14 nitrogen and oxygen atoms in total. The molecule has 56 heavy (non-hydrogen) atoms. The molecule has 1 aromatic carbocycles. The van der Waals surface area contributed by atoms with E-state index in [1.165, 1.54) is 38.5 Å². The third-order valence-corrected chi connectivity index (χ3v) is 12.1. The number of nitrogens with zero attached hydrogens (tertiary/aromatic N) is 4. The van der Waals surface area contributed by atoms with E-state index in [4.69, 9.17) is 20.0 Å². The summed E-state index contributed by atoms with van der Waals surface area (Å²) in [5.74, 6) is 2.91. The van der Waals surface area contributed by atoms with Gasteiger partial charge in [-0.1, -0.05) is 12.1 Å². The monoisotopic (exact) mass is 774 g/mol. The molecular weight excluding hydrogens is 713 g/mol. The quantitative estimate of drug-likeness (QED) is 0.0979. The van der Waals surface area contributed by atoms with Gasteiger partial charge >= 0.3 is 6.09 Å². The Labute approximate surface area is 330 Å². The Morgan fingerprint density at radius 1 is 1.02 bits per heavy atom. The van der Waals surface area contributed by atoms with Crippen molar-refractivity contribution in [1.82, 2.24) is 35.6 Å². The van der Waals surface area contributed by atoms with Crippen LogP contribution >= 0.6 is 0 Å². The van der Waals surface area contributed by atoms with Crippen LogP contribution in [0.5, 0.6) is 5.75 Å². The van der Waals surface area contributed by atoms with Gasteiger partial charge in [0.15, 0.2) is 11.8 Å². The first kappa shape index (κ1) is 41.0. The number of ether oxygens (including phenoxy) is 1. The first-order chi connectivity index (χ1) is 26.5. The summed E-state index contributed by atoms with van der Waals surface area (Å²) in [4.78, 5) is 49.5. The number of amides is 3. The van der Waals surface area contributed by atoms with Gasteiger partial charge in [-0.3, -0.25) is 9.59 Å². The summed E-state index contributed by atoms with van der Waals surface area (Å²) in [6.07, 6.45) is 13.8. The van der Waals surface area contributed by atoms with Crippen molar-refractivity contribution in [2.24, 2.45) is 29.1 Å². The number of aromatic nitrogens is 4. The van der Waals surface area contributed by atoms with E-state index in [-0.39, 0.29) is 29.4 Å². The lowest BCUT2D eigenvalue weighted by molar-refractivity contribution is -0.131. The van der Waals surface area contributed by atoms with E-state index < -0.39 is 29.7 Å². The highest BCUT2D eigenvalue weighted by molar-refractivity contribution is 5.89. The Hall–Kier alpha value is -4.62. The molecule has 4 bridgehead atoms. The zero-order valence-corrected chi connectivity index (χ0v) is 34.0. The molecule has 4 aliphatic rings. The molecule has 3 atom stereocenters. The second-order valence-electron chi connectivity index (χ2n) is 18.1. The fourth-order valence-electron chi connectivity index (χ4n) is 9.91. The van der Waals surface area contributed by atoms with E-state index in [1.54, 1.807) is 18.3 Å². The predicted octanol–water partition coefficient (Wildman–Crippen LogP) is 6.24. The summed E-state index contributed by atoms with van der Waals surface area (Å²) in [6.45, 7) is 12.0. The minimum Gasteiger partial charge on any atom is -0.508 e. The first-order valence-electron chi connectivity index (χ1n) is 20.5. The number of phenols is 1. The fourth-order valence-corrected chi connectivity index (χ4v) is 9.91. The van der Waals surface area contributed by atoms with E-state index in [1.807, 2.05) is 52.3 Å². The van der Waals surface area contributed by atoms with Gasteiger partial charge in [0.05, 0.1) is 0 Å². The zero-order valence-electron chi connectivity index (χ0n) is 34.0. The van der Waals surface area contributed by atoms with E-state index in [0.717, 1.165) is 40.9 Å². The largest absolute Gasteiger partial charge is 0.508 e. The molecule has 4 aliphatic carbocycles. The second-order valence-corrected chi connectivity index (χ2v) is 18.1. The summed E-state index contributed by atoms with van der Waals surface area (Å²) >= 11 is 0. The highest BCUT2D eigenvalue weighted by Gasteiger charge is 2.51. The highest BCUT2D eigenvalue weighted by atomic mass is 16.6. The number of phenolic OH excluding ortho intramolecular Hbond substituents is 1. The molecular formula is C42H62N8O6. The number of benzene rings is 1. The molecule has 0 spiro atoms. The third kappa shape index (κ3) is 10.6. The van der Waals surface area contributed by atoms with Crippen LogP contribution in [0.4, 0.5) is 10.7 Å².